The van der Waals surface area contributed by atoms with Crippen molar-refractivity contribution in [3.8, 4) is 11.1 Å². The van der Waals surface area contributed by atoms with E-state index in [1.165, 1.54) is 0 Å². The summed E-state index contributed by atoms with van der Waals surface area (Å²) in [5.41, 5.74) is 8.84. The molecule has 7 heteroatoms. The Balaban J connectivity index is 2.03. The van der Waals surface area contributed by atoms with Gasteiger partial charge < -0.3 is 15.8 Å². The number of nitrogens with zero attached hydrogens (tertiary/aromatic N) is 2. The Labute approximate surface area is 123 Å². The van der Waals surface area contributed by atoms with E-state index in [-0.39, 0.29) is 5.56 Å². The van der Waals surface area contributed by atoms with Gasteiger partial charge in [-0.1, -0.05) is 0 Å². The fourth-order valence-electron chi connectivity index (χ4n) is 2.65. The number of H-pyrrole nitrogens is 2. The average molecular weight is 293 g/mol. The molecule has 3 heterocycles. The Kier molecular flexibility index (Phi) is 2.43. The molecular formula is C15H11N5O2. The first kappa shape index (κ1) is 12.4. The molecule has 0 atom stereocenters. The molecule has 7 nitrogen and oxygen atoms in total. The minimum atomic E-state index is -1.01. The summed E-state index contributed by atoms with van der Waals surface area (Å²) in [4.78, 5) is 18.6. The number of aromatic amines is 2. The van der Waals surface area contributed by atoms with Crippen molar-refractivity contribution < 1.29 is 9.90 Å². The minimum absolute atomic E-state index is 0.158. The predicted molar refractivity (Wildman–Crippen MR) is 82.6 cm³/mol. The van der Waals surface area contributed by atoms with E-state index in [1.807, 2.05) is 12.3 Å². The number of pyridine rings is 1. The number of nitrogens with two attached hydrogens (primary N) is 1. The van der Waals surface area contributed by atoms with E-state index in [9.17, 15) is 9.90 Å². The Bertz CT molecular complexity index is 1030. The van der Waals surface area contributed by atoms with Gasteiger partial charge in [-0.05, 0) is 23.8 Å². The number of aromatic nitrogens is 4. The van der Waals surface area contributed by atoms with Crippen LogP contribution in [0.15, 0.2) is 36.8 Å². The molecular weight excluding hydrogens is 282 g/mol. The molecule has 0 aliphatic carbocycles. The van der Waals surface area contributed by atoms with Gasteiger partial charge in [0.25, 0.3) is 0 Å². The number of nitrogen functional groups attached to an aromatic ring is 1. The van der Waals surface area contributed by atoms with E-state index in [4.69, 9.17) is 5.73 Å². The summed E-state index contributed by atoms with van der Waals surface area (Å²) < 4.78 is 0. The number of aromatic carboxylic acids is 1. The normalized spacial score (nSPS) is 11.3. The van der Waals surface area contributed by atoms with Gasteiger partial charge in [-0.25, -0.2) is 9.78 Å². The molecule has 108 valence electrons. The molecule has 0 saturated carbocycles. The molecule has 0 fully saturated rings. The lowest BCUT2D eigenvalue weighted by molar-refractivity contribution is 0.0699. The molecule has 0 radical (unpaired) electrons. The third kappa shape index (κ3) is 1.72. The number of carboxylic acid groups (broad SMARTS) is 1. The van der Waals surface area contributed by atoms with Crippen LogP contribution < -0.4 is 5.73 Å². The lowest BCUT2D eigenvalue weighted by Gasteiger charge is -2.04. The maximum Gasteiger partial charge on any atom is 0.338 e. The van der Waals surface area contributed by atoms with Crippen LogP contribution in [0.2, 0.25) is 0 Å². The van der Waals surface area contributed by atoms with E-state index in [0.717, 1.165) is 27.4 Å². The number of benzene rings is 1. The lowest BCUT2D eigenvalue weighted by Crippen LogP contribution is -1.98. The molecule has 5 N–H and O–H groups in total. The van der Waals surface area contributed by atoms with Crippen molar-refractivity contribution >= 4 is 33.6 Å². The summed E-state index contributed by atoms with van der Waals surface area (Å²) in [7, 11) is 0. The lowest BCUT2D eigenvalue weighted by atomic mass is 10.0. The van der Waals surface area contributed by atoms with E-state index in [0.29, 0.717) is 11.3 Å². The van der Waals surface area contributed by atoms with Crippen LogP contribution in [-0.2, 0) is 0 Å². The van der Waals surface area contributed by atoms with Crippen molar-refractivity contribution in [3.63, 3.8) is 0 Å². The number of hydrogen-bond acceptors (Lipinski definition) is 4. The van der Waals surface area contributed by atoms with E-state index < -0.39 is 5.97 Å². The molecule has 0 aliphatic heterocycles. The molecule has 4 rings (SSSR count). The maximum absolute atomic E-state index is 11.5. The highest BCUT2D eigenvalue weighted by Gasteiger charge is 2.15. The zero-order chi connectivity index (χ0) is 15.3. The van der Waals surface area contributed by atoms with Crippen LogP contribution in [0.4, 0.5) is 5.82 Å². The number of carbonyl (C=O) groups is 1. The summed E-state index contributed by atoms with van der Waals surface area (Å²) >= 11 is 0. The van der Waals surface area contributed by atoms with Gasteiger partial charge in [0, 0.05) is 28.7 Å². The number of carboxylic acids is 1. The van der Waals surface area contributed by atoms with Gasteiger partial charge in [-0.2, -0.15) is 5.10 Å². The quantitative estimate of drug-likeness (QED) is 0.452. The molecule has 0 spiro atoms. The van der Waals surface area contributed by atoms with E-state index in [1.54, 1.807) is 24.5 Å². The molecule has 0 aliphatic rings. The summed E-state index contributed by atoms with van der Waals surface area (Å²) in [6.07, 6.45) is 5.15. The van der Waals surface area contributed by atoms with Gasteiger partial charge >= 0.3 is 5.97 Å². The average Bonchev–Trinajstić information content (AvgIpc) is 3.11. The highest BCUT2D eigenvalue weighted by Crippen LogP contribution is 2.32. The van der Waals surface area contributed by atoms with Crippen LogP contribution in [0.3, 0.4) is 0 Å². The molecule has 3 aromatic heterocycles. The molecule has 0 bridgehead atoms. The second-order valence-corrected chi connectivity index (χ2v) is 5.01. The fraction of sp³-hybridized carbons (Fsp3) is 0. The Morgan fingerprint density at radius 1 is 1.23 bits per heavy atom. The van der Waals surface area contributed by atoms with Crippen LogP contribution in [0.1, 0.15) is 10.4 Å². The second kappa shape index (κ2) is 4.32. The zero-order valence-corrected chi connectivity index (χ0v) is 11.3. The number of anilines is 1. The van der Waals surface area contributed by atoms with Crippen LogP contribution in [0, 0.1) is 0 Å². The first-order valence-corrected chi connectivity index (χ1v) is 6.57. The highest BCUT2D eigenvalue weighted by molar-refractivity contribution is 6.06. The van der Waals surface area contributed by atoms with Crippen molar-refractivity contribution in [2.75, 3.05) is 5.73 Å². The molecule has 0 unspecified atom stereocenters. The highest BCUT2D eigenvalue weighted by atomic mass is 16.4. The van der Waals surface area contributed by atoms with E-state index in [2.05, 4.69) is 20.2 Å². The largest absolute Gasteiger partial charge is 0.478 e. The minimum Gasteiger partial charge on any atom is -0.478 e. The Morgan fingerprint density at radius 3 is 2.91 bits per heavy atom. The maximum atomic E-state index is 11.5. The third-order valence-electron chi connectivity index (χ3n) is 3.66. The number of fused-ring (bicyclic) bond motifs is 2. The second-order valence-electron chi connectivity index (χ2n) is 5.01. The molecule has 1 aromatic carbocycles. The number of nitrogens with one attached hydrogen (secondary N) is 2. The molecule has 0 saturated heterocycles. The molecule has 22 heavy (non-hydrogen) atoms. The van der Waals surface area contributed by atoms with Gasteiger partial charge in [0.2, 0.25) is 0 Å². The van der Waals surface area contributed by atoms with Crippen LogP contribution in [0.25, 0.3) is 32.9 Å². The standard InChI is InChI=1S/C15H11N5O2/c16-13-3-9-11(5-17-12(9)6-18-13)7-1-8-4-19-20-14(8)10(2-7)15(21)22/h1-6,17H,(H2,16,18)(H,19,20)(H,21,22). The van der Waals surface area contributed by atoms with Crippen LogP contribution in [0.5, 0.6) is 0 Å². The summed E-state index contributed by atoms with van der Waals surface area (Å²) in [6.45, 7) is 0. The van der Waals surface area contributed by atoms with Crippen molar-refractivity contribution in [1.29, 1.82) is 0 Å². The van der Waals surface area contributed by atoms with Crippen molar-refractivity contribution in [2.45, 2.75) is 0 Å². The smallest absolute Gasteiger partial charge is 0.338 e. The van der Waals surface area contributed by atoms with Crippen molar-refractivity contribution in [2.24, 2.45) is 0 Å². The topological polar surface area (TPSA) is 121 Å². The summed E-state index contributed by atoms with van der Waals surface area (Å²) in [5, 5.41) is 17.7. The molecule has 4 aromatic rings. The Morgan fingerprint density at radius 2 is 2.09 bits per heavy atom. The Hall–Kier alpha value is -3.35. The van der Waals surface area contributed by atoms with Crippen molar-refractivity contribution in [3.05, 3.63) is 42.4 Å². The van der Waals surface area contributed by atoms with Gasteiger partial charge in [0.1, 0.15) is 11.3 Å². The van der Waals surface area contributed by atoms with Gasteiger partial charge in [-0.15, -0.1) is 0 Å². The molecule has 0 amide bonds. The summed E-state index contributed by atoms with van der Waals surface area (Å²) in [6, 6.07) is 5.27. The fourth-order valence-corrected chi connectivity index (χ4v) is 2.65. The number of rotatable bonds is 2. The predicted octanol–water partition coefficient (Wildman–Crippen LogP) is 2.39. The van der Waals surface area contributed by atoms with Gasteiger partial charge in [-0.3, -0.25) is 5.10 Å². The van der Waals surface area contributed by atoms with Gasteiger partial charge in [0.05, 0.1) is 17.3 Å². The third-order valence-corrected chi connectivity index (χ3v) is 3.66. The first-order chi connectivity index (χ1) is 10.6. The SMILES string of the molecule is Nc1cc2c(-c3cc(C(=O)O)c4n[nH]cc4c3)c[nH]c2cn1. The van der Waals surface area contributed by atoms with Crippen LogP contribution in [-0.4, -0.2) is 31.2 Å². The first-order valence-electron chi connectivity index (χ1n) is 6.57. The monoisotopic (exact) mass is 293 g/mol. The van der Waals surface area contributed by atoms with E-state index >= 15 is 0 Å². The zero-order valence-electron chi connectivity index (χ0n) is 11.3. The van der Waals surface area contributed by atoms with Gasteiger partial charge in [0.15, 0.2) is 0 Å². The van der Waals surface area contributed by atoms with Crippen molar-refractivity contribution in [1.82, 2.24) is 20.2 Å². The summed E-state index contributed by atoms with van der Waals surface area (Å²) in [5.74, 6) is -0.601. The number of hydrogen-bond donors (Lipinski definition) is 4. The van der Waals surface area contributed by atoms with Crippen LogP contribution >= 0.6 is 0 Å².